The molecule has 1 aromatic heterocycles. The number of nitrogens with one attached hydrogen (secondary N) is 2. The highest BCUT2D eigenvalue weighted by Gasteiger charge is 2.34. The predicted molar refractivity (Wildman–Crippen MR) is 110 cm³/mol. The minimum atomic E-state index is -0.00958. The molecule has 27 heavy (non-hydrogen) atoms. The van der Waals surface area contributed by atoms with Crippen LogP contribution in [0.15, 0.2) is 53.7 Å². The summed E-state index contributed by atoms with van der Waals surface area (Å²) in [5, 5.41) is 7.63. The maximum absolute atomic E-state index is 6.26. The van der Waals surface area contributed by atoms with Crippen LogP contribution in [0.4, 0.5) is 0 Å². The minimum absolute atomic E-state index is 0.00958. The fraction of sp³-hybridized carbons (Fsp3) is 0.429. The van der Waals surface area contributed by atoms with Gasteiger partial charge in [-0.1, -0.05) is 29.8 Å². The smallest absolute Gasteiger partial charge is 0.191 e. The molecular weight excluding hydrogens is 360 g/mol. The molecule has 1 fully saturated rings. The molecule has 1 aliphatic rings. The molecular formula is C21H27ClN4O. The van der Waals surface area contributed by atoms with Gasteiger partial charge in [0.15, 0.2) is 5.96 Å². The van der Waals surface area contributed by atoms with Crippen LogP contribution in [0, 0.1) is 0 Å². The Bertz CT molecular complexity index is 745. The monoisotopic (exact) mass is 386 g/mol. The number of aliphatic imine (C=N–C) groups is 1. The fourth-order valence-corrected chi connectivity index (χ4v) is 3.58. The Hall–Kier alpha value is -2.11. The van der Waals surface area contributed by atoms with E-state index in [2.05, 4.69) is 39.7 Å². The highest BCUT2D eigenvalue weighted by molar-refractivity contribution is 6.30. The molecule has 0 amide bonds. The third-order valence-electron chi connectivity index (χ3n) is 4.95. The van der Waals surface area contributed by atoms with Gasteiger partial charge in [0.25, 0.3) is 0 Å². The van der Waals surface area contributed by atoms with Crippen molar-refractivity contribution >= 4 is 17.6 Å². The Morgan fingerprint density at radius 3 is 2.74 bits per heavy atom. The molecule has 2 N–H and O–H groups in total. The van der Waals surface area contributed by atoms with Crippen molar-refractivity contribution in [3.05, 3.63) is 64.9 Å². The van der Waals surface area contributed by atoms with Crippen molar-refractivity contribution in [2.24, 2.45) is 4.99 Å². The summed E-state index contributed by atoms with van der Waals surface area (Å²) in [6, 6.07) is 14.1. The first-order valence-electron chi connectivity index (χ1n) is 9.48. The van der Waals surface area contributed by atoms with Crippen LogP contribution in [0.2, 0.25) is 5.02 Å². The Kier molecular flexibility index (Phi) is 7.07. The van der Waals surface area contributed by atoms with Gasteiger partial charge in [0.1, 0.15) is 0 Å². The zero-order valence-electron chi connectivity index (χ0n) is 15.7. The average molecular weight is 387 g/mol. The van der Waals surface area contributed by atoms with Crippen molar-refractivity contribution in [2.75, 3.05) is 26.3 Å². The van der Waals surface area contributed by atoms with E-state index in [1.54, 1.807) is 6.20 Å². The summed E-state index contributed by atoms with van der Waals surface area (Å²) < 4.78 is 5.62. The lowest BCUT2D eigenvalue weighted by atomic mass is 9.74. The first-order valence-corrected chi connectivity index (χ1v) is 9.85. The third kappa shape index (κ3) is 5.44. The normalized spacial score (nSPS) is 16.7. The molecule has 0 radical (unpaired) electrons. The van der Waals surface area contributed by atoms with E-state index >= 15 is 0 Å². The molecule has 1 saturated heterocycles. The molecule has 144 valence electrons. The number of ether oxygens (including phenoxy) is 1. The average Bonchev–Trinajstić information content (AvgIpc) is 2.71. The summed E-state index contributed by atoms with van der Waals surface area (Å²) >= 11 is 6.26. The molecule has 0 bridgehead atoms. The summed E-state index contributed by atoms with van der Waals surface area (Å²) in [7, 11) is 0. The van der Waals surface area contributed by atoms with Crippen molar-refractivity contribution in [1.29, 1.82) is 0 Å². The van der Waals surface area contributed by atoms with E-state index < -0.39 is 0 Å². The highest BCUT2D eigenvalue weighted by atomic mass is 35.5. The molecule has 5 nitrogen and oxygen atoms in total. The number of hydrogen-bond acceptors (Lipinski definition) is 3. The second-order valence-electron chi connectivity index (χ2n) is 6.77. The van der Waals surface area contributed by atoms with E-state index in [0.717, 1.165) is 55.8 Å². The molecule has 6 heteroatoms. The lowest BCUT2D eigenvalue weighted by molar-refractivity contribution is 0.0514. The third-order valence-corrected chi connectivity index (χ3v) is 5.19. The van der Waals surface area contributed by atoms with Crippen LogP contribution in [-0.2, 0) is 16.7 Å². The summed E-state index contributed by atoms with van der Waals surface area (Å²) in [6.07, 6.45) is 3.71. The first-order chi connectivity index (χ1) is 13.2. The number of aromatic nitrogens is 1. The van der Waals surface area contributed by atoms with Crippen LogP contribution in [0.25, 0.3) is 0 Å². The van der Waals surface area contributed by atoms with E-state index in [9.17, 15) is 0 Å². The number of pyridine rings is 1. The van der Waals surface area contributed by atoms with Gasteiger partial charge in [0.05, 0.1) is 12.2 Å². The highest BCUT2D eigenvalue weighted by Crippen LogP contribution is 2.35. The van der Waals surface area contributed by atoms with Gasteiger partial charge in [-0.15, -0.1) is 0 Å². The van der Waals surface area contributed by atoms with Gasteiger partial charge in [0.2, 0.25) is 0 Å². The molecule has 2 heterocycles. The van der Waals surface area contributed by atoms with E-state index in [1.807, 2.05) is 30.3 Å². The maximum Gasteiger partial charge on any atom is 0.191 e. The summed E-state index contributed by atoms with van der Waals surface area (Å²) in [5.74, 6) is 0.802. The Labute approximate surface area is 166 Å². The van der Waals surface area contributed by atoms with Crippen molar-refractivity contribution in [2.45, 2.75) is 31.7 Å². The van der Waals surface area contributed by atoms with Crippen molar-refractivity contribution in [3.8, 4) is 0 Å². The summed E-state index contributed by atoms with van der Waals surface area (Å²) in [6.45, 7) is 5.72. The van der Waals surface area contributed by atoms with Crippen molar-refractivity contribution < 1.29 is 4.74 Å². The van der Waals surface area contributed by atoms with Crippen LogP contribution >= 0.6 is 11.6 Å². The number of halogens is 1. The van der Waals surface area contributed by atoms with Gasteiger partial charge in [-0.25, -0.2) is 4.99 Å². The zero-order valence-corrected chi connectivity index (χ0v) is 16.5. The molecule has 2 aromatic rings. The van der Waals surface area contributed by atoms with Crippen LogP contribution < -0.4 is 10.6 Å². The SMILES string of the molecule is CCNC(=NCc1ccccn1)NCC1(c2cccc(Cl)c2)CCOCC1. The van der Waals surface area contributed by atoms with Crippen molar-refractivity contribution in [1.82, 2.24) is 15.6 Å². The second kappa shape index (κ2) is 9.72. The first kappa shape index (κ1) is 19.6. The van der Waals surface area contributed by atoms with Gasteiger partial charge in [-0.3, -0.25) is 4.98 Å². The minimum Gasteiger partial charge on any atom is -0.381 e. The van der Waals surface area contributed by atoms with E-state index in [-0.39, 0.29) is 5.41 Å². The van der Waals surface area contributed by atoms with Gasteiger partial charge in [-0.2, -0.15) is 0 Å². The largest absolute Gasteiger partial charge is 0.381 e. The molecule has 0 spiro atoms. The molecule has 0 saturated carbocycles. The molecule has 0 atom stereocenters. The quantitative estimate of drug-likeness (QED) is 0.589. The maximum atomic E-state index is 6.26. The number of rotatable bonds is 6. The van der Waals surface area contributed by atoms with Crippen LogP contribution in [0.3, 0.4) is 0 Å². The Balaban J connectivity index is 1.74. The molecule has 1 aliphatic heterocycles. The van der Waals surface area contributed by atoms with E-state index in [1.165, 1.54) is 5.56 Å². The van der Waals surface area contributed by atoms with Gasteiger partial charge in [0, 0.05) is 42.9 Å². The number of nitrogens with zero attached hydrogens (tertiary/aromatic N) is 2. The summed E-state index contributed by atoms with van der Waals surface area (Å²) in [4.78, 5) is 9.02. The second-order valence-corrected chi connectivity index (χ2v) is 7.21. The number of guanidine groups is 1. The van der Waals surface area contributed by atoms with Crippen LogP contribution in [0.1, 0.15) is 31.0 Å². The van der Waals surface area contributed by atoms with E-state index in [0.29, 0.717) is 6.54 Å². The molecule has 0 aliphatic carbocycles. The molecule has 3 rings (SSSR count). The topological polar surface area (TPSA) is 58.5 Å². The predicted octanol–water partition coefficient (Wildman–Crippen LogP) is 3.54. The van der Waals surface area contributed by atoms with Gasteiger partial charge < -0.3 is 15.4 Å². The number of benzene rings is 1. The van der Waals surface area contributed by atoms with Crippen LogP contribution in [-0.4, -0.2) is 37.2 Å². The van der Waals surface area contributed by atoms with Crippen LogP contribution in [0.5, 0.6) is 0 Å². The molecule has 1 aromatic carbocycles. The fourth-order valence-electron chi connectivity index (χ4n) is 3.39. The van der Waals surface area contributed by atoms with Gasteiger partial charge in [-0.05, 0) is 49.6 Å². The lowest BCUT2D eigenvalue weighted by Crippen LogP contribution is -2.48. The standard InChI is InChI=1S/C21H27ClN4O/c1-2-23-20(25-15-19-8-3-4-11-24-19)26-16-21(9-12-27-13-10-21)17-6-5-7-18(22)14-17/h3-8,11,14H,2,9-10,12-13,15-16H2,1H3,(H2,23,25,26). The Morgan fingerprint density at radius 2 is 2.04 bits per heavy atom. The van der Waals surface area contributed by atoms with Crippen molar-refractivity contribution in [3.63, 3.8) is 0 Å². The Morgan fingerprint density at radius 1 is 1.19 bits per heavy atom. The summed E-state index contributed by atoms with van der Waals surface area (Å²) in [5.41, 5.74) is 2.20. The number of hydrogen-bond donors (Lipinski definition) is 2. The lowest BCUT2D eigenvalue weighted by Gasteiger charge is -2.38. The van der Waals surface area contributed by atoms with E-state index in [4.69, 9.17) is 16.3 Å². The van der Waals surface area contributed by atoms with Gasteiger partial charge >= 0.3 is 0 Å². The molecule has 0 unspecified atom stereocenters. The zero-order chi connectivity index (χ0) is 19.0.